The van der Waals surface area contributed by atoms with E-state index in [1.54, 1.807) is 0 Å². The van der Waals surface area contributed by atoms with Crippen molar-refractivity contribution in [3.05, 3.63) is 188 Å². The minimum atomic E-state index is 0.700. The second kappa shape index (κ2) is 12.6. The highest BCUT2D eigenvalue weighted by Gasteiger charge is 2.18. The molecule has 0 atom stereocenters. The minimum Gasteiger partial charge on any atom is -0.309 e. The summed E-state index contributed by atoms with van der Waals surface area (Å²) in [7, 11) is 0. The predicted molar refractivity (Wildman–Crippen MR) is 219 cm³/mol. The first-order valence-corrected chi connectivity index (χ1v) is 18.3. The molecule has 0 unspecified atom stereocenters. The number of hydrogen-bond acceptors (Lipinski definition) is 3. The fourth-order valence-electron chi connectivity index (χ4n) is 7.28. The van der Waals surface area contributed by atoms with Gasteiger partial charge in [-0.2, -0.15) is 0 Å². The van der Waals surface area contributed by atoms with Crippen molar-refractivity contribution in [2.45, 2.75) is 0 Å². The fourth-order valence-corrected chi connectivity index (χ4v) is 8.50. The Balaban J connectivity index is 1.07. The van der Waals surface area contributed by atoms with Crippen molar-refractivity contribution in [3.63, 3.8) is 0 Å². The molecule has 0 N–H and O–H groups in total. The standard InChI is InChI=1S/C48H31N3S/c1-4-12-32(13-5-1)33-20-22-35(23-21-33)42-31-41(34-14-6-2-7-15-34)49-48(50-42)37-24-27-39(28-25-37)51-43-19-11-10-18-40(43)46-44(51)29-26-38-30-45(52-47(38)46)36-16-8-3-9-17-36/h1-31H. The van der Waals surface area contributed by atoms with E-state index in [0.717, 1.165) is 33.8 Å². The maximum atomic E-state index is 5.14. The molecular weight excluding hydrogens is 651 g/mol. The molecule has 4 heteroatoms. The molecule has 0 spiro atoms. The topological polar surface area (TPSA) is 30.7 Å². The van der Waals surface area contributed by atoms with Crippen LogP contribution in [0.1, 0.15) is 0 Å². The van der Waals surface area contributed by atoms with Crippen LogP contribution in [0.5, 0.6) is 0 Å². The van der Waals surface area contributed by atoms with Crippen molar-refractivity contribution in [1.29, 1.82) is 0 Å². The van der Waals surface area contributed by atoms with Gasteiger partial charge in [0.05, 0.1) is 22.4 Å². The Labute approximate surface area is 305 Å². The van der Waals surface area contributed by atoms with Gasteiger partial charge >= 0.3 is 0 Å². The second-order valence-electron chi connectivity index (χ2n) is 13.0. The summed E-state index contributed by atoms with van der Waals surface area (Å²) in [6, 6.07) is 66.5. The van der Waals surface area contributed by atoms with Crippen LogP contribution in [0.25, 0.3) is 93.0 Å². The maximum absolute atomic E-state index is 5.14. The lowest BCUT2D eigenvalue weighted by Crippen LogP contribution is -1.97. The number of hydrogen-bond donors (Lipinski definition) is 0. The van der Waals surface area contributed by atoms with Gasteiger partial charge in [-0.25, -0.2) is 9.97 Å². The molecule has 52 heavy (non-hydrogen) atoms. The predicted octanol–water partition coefficient (Wildman–Crippen LogP) is 13.1. The SMILES string of the molecule is c1ccc(-c2ccc(-c3cc(-c4ccccc4)nc(-c4ccc(-n5c6ccccc6c6c7sc(-c8ccccc8)cc7ccc65)cc4)n3)cc2)cc1. The molecule has 0 radical (unpaired) electrons. The van der Waals surface area contributed by atoms with Crippen molar-refractivity contribution >= 4 is 43.2 Å². The Hall–Kier alpha value is -6.62. The number of thiophene rings is 1. The average Bonchev–Trinajstić information content (AvgIpc) is 3.82. The van der Waals surface area contributed by atoms with E-state index in [0.29, 0.717) is 5.82 Å². The van der Waals surface area contributed by atoms with Crippen molar-refractivity contribution < 1.29 is 0 Å². The van der Waals surface area contributed by atoms with Crippen LogP contribution in [0.4, 0.5) is 0 Å². The van der Waals surface area contributed by atoms with Crippen LogP contribution in [0.3, 0.4) is 0 Å². The molecule has 10 rings (SSSR count). The van der Waals surface area contributed by atoms with Gasteiger partial charge < -0.3 is 4.57 Å². The zero-order chi connectivity index (χ0) is 34.4. The highest BCUT2D eigenvalue weighted by atomic mass is 32.1. The van der Waals surface area contributed by atoms with E-state index in [-0.39, 0.29) is 0 Å². The smallest absolute Gasteiger partial charge is 0.160 e. The first-order valence-electron chi connectivity index (χ1n) is 17.5. The summed E-state index contributed by atoms with van der Waals surface area (Å²) in [4.78, 5) is 11.5. The van der Waals surface area contributed by atoms with Crippen molar-refractivity contribution in [2.24, 2.45) is 0 Å². The molecule has 10 aromatic rings. The summed E-state index contributed by atoms with van der Waals surface area (Å²) in [5.41, 5.74) is 12.0. The lowest BCUT2D eigenvalue weighted by atomic mass is 10.0. The Morgan fingerprint density at radius 1 is 0.404 bits per heavy atom. The Kier molecular flexibility index (Phi) is 7.33. The molecule has 0 bridgehead atoms. The van der Waals surface area contributed by atoms with Gasteiger partial charge in [-0.1, -0.05) is 140 Å². The summed E-state index contributed by atoms with van der Waals surface area (Å²) in [5.74, 6) is 0.700. The van der Waals surface area contributed by atoms with Gasteiger partial charge in [0.1, 0.15) is 0 Å². The number of benzene rings is 7. The number of nitrogens with zero attached hydrogens (tertiary/aromatic N) is 3. The van der Waals surface area contributed by atoms with Crippen LogP contribution in [0, 0.1) is 0 Å². The van der Waals surface area contributed by atoms with Gasteiger partial charge in [0.2, 0.25) is 0 Å². The van der Waals surface area contributed by atoms with E-state index in [9.17, 15) is 0 Å². The van der Waals surface area contributed by atoms with Crippen LogP contribution >= 0.6 is 11.3 Å². The fraction of sp³-hybridized carbons (Fsp3) is 0. The highest BCUT2D eigenvalue weighted by molar-refractivity contribution is 7.23. The molecule has 0 aliphatic rings. The van der Waals surface area contributed by atoms with Gasteiger partial charge in [-0.3, -0.25) is 0 Å². The van der Waals surface area contributed by atoms with E-state index in [2.05, 4.69) is 180 Å². The molecule has 244 valence electrons. The molecule has 0 amide bonds. The zero-order valence-electron chi connectivity index (χ0n) is 28.1. The Bertz CT molecular complexity index is 2850. The number of aromatic nitrogens is 3. The molecule has 0 fully saturated rings. The molecule has 0 aliphatic carbocycles. The summed E-state index contributed by atoms with van der Waals surface area (Å²) >= 11 is 1.87. The Morgan fingerprint density at radius 2 is 0.942 bits per heavy atom. The third-order valence-electron chi connectivity index (χ3n) is 9.85. The quantitative estimate of drug-likeness (QED) is 0.175. The van der Waals surface area contributed by atoms with Crippen molar-refractivity contribution in [2.75, 3.05) is 0 Å². The second-order valence-corrected chi connectivity index (χ2v) is 14.1. The van der Waals surface area contributed by atoms with E-state index < -0.39 is 0 Å². The number of para-hydroxylation sites is 1. The monoisotopic (exact) mass is 681 g/mol. The third-order valence-corrected chi connectivity index (χ3v) is 11.1. The molecular formula is C48H31N3S. The average molecular weight is 682 g/mol. The first kappa shape index (κ1) is 30.2. The van der Waals surface area contributed by atoms with Crippen LogP contribution in [0.15, 0.2) is 188 Å². The van der Waals surface area contributed by atoms with Crippen LogP contribution in [-0.2, 0) is 0 Å². The molecule has 3 nitrogen and oxygen atoms in total. The van der Waals surface area contributed by atoms with Gasteiger partial charge in [0.15, 0.2) is 5.82 Å². The lowest BCUT2D eigenvalue weighted by molar-refractivity contribution is 1.16. The minimum absolute atomic E-state index is 0.700. The molecule has 0 saturated carbocycles. The van der Waals surface area contributed by atoms with Gasteiger partial charge in [-0.15, -0.1) is 11.3 Å². The molecule has 3 heterocycles. The number of fused-ring (bicyclic) bond motifs is 5. The highest BCUT2D eigenvalue weighted by Crippen LogP contribution is 2.43. The van der Waals surface area contributed by atoms with E-state index in [1.807, 2.05) is 23.5 Å². The van der Waals surface area contributed by atoms with Gasteiger partial charge in [0, 0.05) is 42.7 Å². The number of rotatable bonds is 6. The zero-order valence-corrected chi connectivity index (χ0v) is 29.0. The van der Waals surface area contributed by atoms with Crippen molar-refractivity contribution in [1.82, 2.24) is 14.5 Å². The third kappa shape index (κ3) is 5.29. The summed E-state index contributed by atoms with van der Waals surface area (Å²) in [5, 5.41) is 3.83. The van der Waals surface area contributed by atoms with Crippen LogP contribution < -0.4 is 0 Å². The first-order chi connectivity index (χ1) is 25.8. The molecule has 0 saturated heterocycles. The molecule has 0 aliphatic heterocycles. The largest absolute Gasteiger partial charge is 0.309 e. The summed E-state index contributed by atoms with van der Waals surface area (Å²) < 4.78 is 3.70. The summed E-state index contributed by atoms with van der Waals surface area (Å²) in [6.45, 7) is 0. The summed E-state index contributed by atoms with van der Waals surface area (Å²) in [6.07, 6.45) is 0. The van der Waals surface area contributed by atoms with E-state index in [4.69, 9.17) is 9.97 Å². The molecule has 3 aromatic heterocycles. The van der Waals surface area contributed by atoms with E-state index in [1.165, 1.54) is 53.5 Å². The van der Waals surface area contributed by atoms with Gasteiger partial charge in [0.25, 0.3) is 0 Å². The van der Waals surface area contributed by atoms with Crippen LogP contribution in [0.2, 0.25) is 0 Å². The van der Waals surface area contributed by atoms with Gasteiger partial charge in [-0.05, 0) is 70.6 Å². The maximum Gasteiger partial charge on any atom is 0.160 e. The normalized spacial score (nSPS) is 11.5. The lowest BCUT2D eigenvalue weighted by Gasteiger charge is -2.12. The van der Waals surface area contributed by atoms with Crippen LogP contribution in [-0.4, -0.2) is 14.5 Å². The Morgan fingerprint density at radius 3 is 1.63 bits per heavy atom. The molecule has 7 aromatic carbocycles. The van der Waals surface area contributed by atoms with E-state index >= 15 is 0 Å². The van der Waals surface area contributed by atoms with Crippen molar-refractivity contribution in [3.8, 4) is 61.2 Å².